The standard InChI is InChI=1S/C36H37FN2O8/c1-19-10-11-34(3)27(35(19,4)18-44-20(2)40)15-28(46-32(42)21-8-9-22(16-38)24(37)13-21)36(5)31(34)30(41)29-26(47-36)14-25(45-33(29)43)23-7-6-12-39-17-23/h6-9,12-14,17,19,27-28,30-31,41H,10-11,15,18H2,1-5H3/t19-,27?,28-,30-,31?,34-,35+,36+/m0/s1. The van der Waals surface area contributed by atoms with Crippen molar-refractivity contribution < 1.29 is 37.7 Å². The third-order valence-electron chi connectivity index (χ3n) is 11.2. The van der Waals surface area contributed by atoms with Gasteiger partial charge in [0.15, 0.2) is 0 Å². The molecule has 2 aromatic heterocycles. The maximum atomic E-state index is 14.6. The Morgan fingerprint density at radius 1 is 1.21 bits per heavy atom. The second-order valence-electron chi connectivity index (χ2n) is 13.8. The van der Waals surface area contributed by atoms with E-state index in [9.17, 15) is 23.9 Å². The maximum Gasteiger partial charge on any atom is 0.345 e. The first-order valence-electron chi connectivity index (χ1n) is 15.7. The van der Waals surface area contributed by atoms with Crippen LogP contribution in [0.1, 0.15) is 81.5 Å². The van der Waals surface area contributed by atoms with Crippen LogP contribution in [0.5, 0.6) is 5.75 Å². The van der Waals surface area contributed by atoms with E-state index in [1.54, 1.807) is 31.3 Å². The molecule has 1 aliphatic heterocycles. The Hall–Kier alpha value is -4.56. The lowest BCUT2D eigenvalue weighted by molar-refractivity contribution is -0.257. The number of halogens is 1. The van der Waals surface area contributed by atoms with E-state index < -0.39 is 57.9 Å². The third-order valence-corrected chi connectivity index (χ3v) is 11.2. The van der Waals surface area contributed by atoms with Crippen LogP contribution in [0.25, 0.3) is 11.3 Å². The molecule has 0 saturated heterocycles. The summed E-state index contributed by atoms with van der Waals surface area (Å²) < 4.78 is 38.8. The second-order valence-corrected chi connectivity index (χ2v) is 13.8. The number of hydrogen-bond donors (Lipinski definition) is 1. The van der Waals surface area contributed by atoms with E-state index in [4.69, 9.17) is 23.9 Å². The number of nitrogens with zero attached hydrogens (tertiary/aromatic N) is 2. The predicted molar refractivity (Wildman–Crippen MR) is 165 cm³/mol. The van der Waals surface area contributed by atoms with E-state index in [1.165, 1.54) is 31.3 Å². The fourth-order valence-corrected chi connectivity index (χ4v) is 8.63. The molecule has 6 rings (SSSR count). The number of hydrogen-bond acceptors (Lipinski definition) is 10. The third kappa shape index (κ3) is 5.19. The summed E-state index contributed by atoms with van der Waals surface area (Å²) >= 11 is 0. The molecule has 11 heteroatoms. The SMILES string of the molecule is CC(=O)OC[C@@]1(C)C2C[C@H](OC(=O)c3ccc(C#N)c(F)c3)[C@@]3(C)Oc4cc(-c5cccnc5)oc(=O)c4[C@H](O)C3[C@@]2(C)CC[C@@H]1C. The Morgan fingerprint density at radius 3 is 2.64 bits per heavy atom. The molecule has 0 amide bonds. The molecule has 2 saturated carbocycles. The largest absolute Gasteiger partial charge is 0.482 e. The van der Waals surface area contributed by atoms with Gasteiger partial charge < -0.3 is 23.7 Å². The Kier molecular flexibility index (Phi) is 7.99. The predicted octanol–water partition coefficient (Wildman–Crippen LogP) is 5.76. The van der Waals surface area contributed by atoms with Gasteiger partial charge in [0.2, 0.25) is 0 Å². The number of aliphatic hydroxyl groups is 1. The molecule has 3 heterocycles. The van der Waals surface area contributed by atoms with Crippen molar-refractivity contribution in [1.29, 1.82) is 5.26 Å². The van der Waals surface area contributed by atoms with Crippen LogP contribution >= 0.6 is 0 Å². The maximum absolute atomic E-state index is 14.6. The number of fused-ring (bicyclic) bond motifs is 4. The van der Waals surface area contributed by atoms with Gasteiger partial charge in [0.1, 0.15) is 40.7 Å². The van der Waals surface area contributed by atoms with Crippen LogP contribution < -0.4 is 10.4 Å². The minimum Gasteiger partial charge on any atom is -0.482 e. The van der Waals surface area contributed by atoms with Crippen molar-refractivity contribution in [1.82, 2.24) is 4.98 Å². The number of rotatable bonds is 5. The van der Waals surface area contributed by atoms with Crippen molar-refractivity contribution in [3.63, 3.8) is 0 Å². The van der Waals surface area contributed by atoms with Crippen LogP contribution in [-0.4, -0.2) is 40.3 Å². The molecule has 47 heavy (non-hydrogen) atoms. The number of aromatic nitrogens is 1. The van der Waals surface area contributed by atoms with Gasteiger partial charge in [-0.05, 0) is 73.8 Å². The van der Waals surface area contributed by atoms with Crippen molar-refractivity contribution in [2.24, 2.45) is 28.6 Å². The van der Waals surface area contributed by atoms with E-state index in [-0.39, 0.29) is 53.1 Å². The topological polar surface area (TPSA) is 149 Å². The van der Waals surface area contributed by atoms with Gasteiger partial charge in [-0.3, -0.25) is 9.78 Å². The molecular formula is C36H37FN2O8. The molecule has 0 bridgehead atoms. The number of esters is 2. The average molecular weight is 645 g/mol. The smallest absolute Gasteiger partial charge is 0.345 e. The van der Waals surface area contributed by atoms with E-state index >= 15 is 0 Å². The minimum absolute atomic E-state index is 0.0264. The number of carbonyl (C=O) groups excluding carboxylic acids is 2. The van der Waals surface area contributed by atoms with Crippen LogP contribution in [0.3, 0.4) is 0 Å². The number of carbonyl (C=O) groups is 2. The highest BCUT2D eigenvalue weighted by Gasteiger charge is 2.70. The first-order valence-corrected chi connectivity index (χ1v) is 15.7. The lowest BCUT2D eigenvalue weighted by Crippen LogP contribution is -2.70. The summed E-state index contributed by atoms with van der Waals surface area (Å²) in [7, 11) is 0. The number of aliphatic hydroxyl groups excluding tert-OH is 1. The van der Waals surface area contributed by atoms with Crippen LogP contribution in [-0.2, 0) is 14.3 Å². The zero-order chi connectivity index (χ0) is 33.9. The molecule has 3 aromatic rings. The summed E-state index contributed by atoms with van der Waals surface area (Å²) in [5.41, 5.74) is -3.19. The first kappa shape index (κ1) is 32.4. The zero-order valence-corrected chi connectivity index (χ0v) is 26.9. The van der Waals surface area contributed by atoms with Crippen molar-refractivity contribution in [3.8, 4) is 23.1 Å². The zero-order valence-electron chi connectivity index (χ0n) is 26.9. The van der Waals surface area contributed by atoms with Crippen LogP contribution in [0.4, 0.5) is 4.39 Å². The Morgan fingerprint density at radius 2 is 1.98 bits per heavy atom. The van der Waals surface area contributed by atoms with Gasteiger partial charge in [-0.25, -0.2) is 14.0 Å². The number of ether oxygens (including phenoxy) is 3. The normalized spacial score (nSPS) is 32.4. The summed E-state index contributed by atoms with van der Waals surface area (Å²) in [5, 5.41) is 21.4. The van der Waals surface area contributed by atoms with E-state index in [0.29, 0.717) is 12.0 Å². The Balaban J connectivity index is 1.49. The fraction of sp³-hybridized carbons (Fsp3) is 0.472. The van der Waals surface area contributed by atoms with Gasteiger partial charge >= 0.3 is 17.6 Å². The minimum atomic E-state index is -1.37. The monoisotopic (exact) mass is 644 g/mol. The van der Waals surface area contributed by atoms with E-state index in [1.807, 2.05) is 6.92 Å². The van der Waals surface area contributed by atoms with Gasteiger partial charge in [-0.15, -0.1) is 0 Å². The first-order chi connectivity index (χ1) is 22.2. The lowest BCUT2D eigenvalue weighted by Gasteiger charge is -2.66. The van der Waals surface area contributed by atoms with Crippen LogP contribution in [0.15, 0.2) is 58.0 Å². The van der Waals surface area contributed by atoms with Gasteiger partial charge in [-0.1, -0.05) is 20.8 Å². The highest BCUT2D eigenvalue weighted by molar-refractivity contribution is 5.89. The van der Waals surface area contributed by atoms with Crippen molar-refractivity contribution in [3.05, 3.63) is 81.7 Å². The van der Waals surface area contributed by atoms with Crippen molar-refractivity contribution >= 4 is 11.9 Å². The average Bonchev–Trinajstić information content (AvgIpc) is 3.03. The summed E-state index contributed by atoms with van der Waals surface area (Å²) in [5.74, 6) is -2.77. The summed E-state index contributed by atoms with van der Waals surface area (Å²) in [4.78, 5) is 43.3. The molecule has 0 radical (unpaired) electrons. The lowest BCUT2D eigenvalue weighted by atomic mass is 9.41. The summed E-state index contributed by atoms with van der Waals surface area (Å²) in [6.45, 7) is 9.41. The Labute approximate surface area is 271 Å². The molecule has 2 unspecified atom stereocenters. The molecule has 3 aliphatic rings. The number of benzene rings is 1. The van der Waals surface area contributed by atoms with Gasteiger partial charge in [0, 0.05) is 42.3 Å². The van der Waals surface area contributed by atoms with Crippen molar-refractivity contribution in [2.45, 2.75) is 71.7 Å². The fourth-order valence-electron chi connectivity index (χ4n) is 8.63. The molecule has 1 aromatic carbocycles. The second kappa shape index (κ2) is 11.6. The molecule has 1 N–H and O–H groups in total. The highest BCUT2D eigenvalue weighted by Crippen LogP contribution is 2.68. The molecule has 2 aliphatic carbocycles. The van der Waals surface area contributed by atoms with Gasteiger partial charge in [-0.2, -0.15) is 5.26 Å². The quantitative estimate of drug-likeness (QED) is 0.340. The summed E-state index contributed by atoms with van der Waals surface area (Å²) in [6.07, 6.45) is 2.45. The van der Waals surface area contributed by atoms with E-state index in [0.717, 1.165) is 12.5 Å². The molecule has 10 nitrogen and oxygen atoms in total. The highest BCUT2D eigenvalue weighted by atomic mass is 19.1. The van der Waals surface area contributed by atoms with E-state index in [2.05, 4.69) is 18.8 Å². The van der Waals surface area contributed by atoms with Crippen LogP contribution in [0, 0.1) is 45.7 Å². The van der Waals surface area contributed by atoms with Crippen LogP contribution in [0.2, 0.25) is 0 Å². The summed E-state index contributed by atoms with van der Waals surface area (Å²) in [6, 6.07) is 10.2. The molecule has 2 fully saturated rings. The van der Waals surface area contributed by atoms with Gasteiger partial charge in [0.25, 0.3) is 0 Å². The Bertz CT molecular complexity index is 1840. The molecule has 0 spiro atoms. The molecular weight excluding hydrogens is 607 g/mol. The van der Waals surface area contributed by atoms with Crippen molar-refractivity contribution in [2.75, 3.05) is 6.61 Å². The number of pyridine rings is 1. The van der Waals surface area contributed by atoms with Gasteiger partial charge in [0.05, 0.1) is 23.8 Å². The number of nitriles is 1. The molecule has 246 valence electrons. The molecule has 8 atom stereocenters.